The molecule has 0 aromatic heterocycles. The van der Waals surface area contributed by atoms with E-state index in [0.29, 0.717) is 11.0 Å². The molecule has 0 saturated heterocycles. The molecule has 1 aromatic carbocycles. The highest BCUT2D eigenvalue weighted by molar-refractivity contribution is 9.11. The zero-order valence-electron chi connectivity index (χ0n) is 9.50. The predicted octanol–water partition coefficient (Wildman–Crippen LogP) is 3.46. The molecule has 3 nitrogen and oxygen atoms in total. The first kappa shape index (κ1) is 14.9. The molecule has 0 amide bonds. The lowest BCUT2D eigenvalue weighted by Crippen LogP contribution is -2.24. The fraction of sp³-hybridized carbons (Fsp3) is 0.273. The fourth-order valence-corrected chi connectivity index (χ4v) is 3.58. The van der Waals surface area contributed by atoms with Crippen LogP contribution in [0.25, 0.3) is 0 Å². The van der Waals surface area contributed by atoms with Crippen molar-refractivity contribution in [3.63, 3.8) is 0 Å². The zero-order valence-corrected chi connectivity index (χ0v) is 13.5. The maximum Gasteiger partial charge on any atom is 0.242 e. The molecule has 1 aromatic rings. The van der Waals surface area contributed by atoms with Gasteiger partial charge in [0.05, 0.1) is 4.90 Å². The third-order valence-electron chi connectivity index (χ3n) is 1.97. The van der Waals surface area contributed by atoms with Gasteiger partial charge in [-0.05, 0) is 48.0 Å². The summed E-state index contributed by atoms with van der Waals surface area (Å²) in [4.78, 5) is 0.231. The number of hydrogen-bond acceptors (Lipinski definition) is 2. The van der Waals surface area contributed by atoms with Crippen LogP contribution in [0, 0.1) is 0 Å². The molecule has 0 aliphatic rings. The summed E-state index contributed by atoms with van der Waals surface area (Å²) in [6.45, 7) is 4.14. The van der Waals surface area contributed by atoms with E-state index in [-0.39, 0.29) is 4.90 Å². The molecule has 0 radical (unpaired) electrons. The van der Waals surface area contributed by atoms with Crippen molar-refractivity contribution in [1.82, 2.24) is 4.72 Å². The van der Waals surface area contributed by atoms with E-state index in [9.17, 15) is 8.42 Å². The Labute approximate surface area is 119 Å². The average molecular weight is 383 g/mol. The van der Waals surface area contributed by atoms with Crippen molar-refractivity contribution in [2.45, 2.75) is 18.7 Å². The van der Waals surface area contributed by atoms with Gasteiger partial charge in [-0.2, -0.15) is 0 Å². The minimum Gasteiger partial charge on any atom is -0.207 e. The molecular weight excluding hydrogens is 370 g/mol. The number of nitrogens with one attached hydrogen (secondary N) is 1. The summed E-state index contributed by atoms with van der Waals surface area (Å²) >= 11 is 6.49. The van der Waals surface area contributed by atoms with Crippen LogP contribution in [0.15, 0.2) is 43.7 Å². The minimum atomic E-state index is -3.48. The predicted molar refractivity (Wildman–Crippen MR) is 76.5 cm³/mol. The second-order valence-electron chi connectivity index (χ2n) is 3.71. The van der Waals surface area contributed by atoms with Crippen molar-refractivity contribution >= 4 is 41.9 Å². The third-order valence-corrected chi connectivity index (χ3v) is 4.88. The topological polar surface area (TPSA) is 46.2 Å². The molecule has 0 aliphatic heterocycles. The van der Waals surface area contributed by atoms with Crippen LogP contribution in [0.5, 0.6) is 0 Å². The van der Waals surface area contributed by atoms with E-state index in [0.717, 1.165) is 10.0 Å². The van der Waals surface area contributed by atoms with Crippen LogP contribution >= 0.6 is 31.9 Å². The largest absolute Gasteiger partial charge is 0.242 e. The third kappa shape index (κ3) is 4.54. The second kappa shape index (κ2) is 6.13. The lowest BCUT2D eigenvalue weighted by molar-refractivity contribution is 0.585. The molecule has 0 saturated carbocycles. The molecule has 17 heavy (non-hydrogen) atoms. The quantitative estimate of drug-likeness (QED) is 0.810. The van der Waals surface area contributed by atoms with Crippen LogP contribution in [-0.2, 0) is 10.0 Å². The van der Waals surface area contributed by atoms with Gasteiger partial charge >= 0.3 is 0 Å². The summed E-state index contributed by atoms with van der Waals surface area (Å²) in [5.74, 6) is 0. The minimum absolute atomic E-state index is 0.231. The molecule has 0 unspecified atom stereocenters. The molecule has 1 rings (SSSR count). The Balaban J connectivity index is 2.97. The van der Waals surface area contributed by atoms with Crippen LogP contribution in [0.4, 0.5) is 0 Å². The van der Waals surface area contributed by atoms with Gasteiger partial charge in [0.2, 0.25) is 10.0 Å². The van der Waals surface area contributed by atoms with Crippen molar-refractivity contribution in [2.24, 2.45) is 0 Å². The van der Waals surface area contributed by atoms with Gasteiger partial charge in [0.15, 0.2) is 0 Å². The number of halogens is 2. The molecule has 0 atom stereocenters. The highest BCUT2D eigenvalue weighted by atomic mass is 79.9. The van der Waals surface area contributed by atoms with Gasteiger partial charge in [0.1, 0.15) is 0 Å². The van der Waals surface area contributed by atoms with Gasteiger partial charge in [-0.1, -0.05) is 27.6 Å². The van der Waals surface area contributed by atoms with Gasteiger partial charge in [0, 0.05) is 15.5 Å². The molecule has 6 heteroatoms. The zero-order chi connectivity index (χ0) is 13.1. The van der Waals surface area contributed by atoms with E-state index >= 15 is 0 Å². The Bertz CT molecular complexity index is 534. The summed E-state index contributed by atoms with van der Waals surface area (Å²) in [6, 6.07) is 5.04. The Morgan fingerprint density at radius 3 is 2.59 bits per heavy atom. The monoisotopic (exact) mass is 381 g/mol. The molecule has 0 aliphatic carbocycles. The average Bonchev–Trinajstić information content (AvgIpc) is 2.20. The lowest BCUT2D eigenvalue weighted by atomic mass is 10.3. The first-order valence-electron chi connectivity index (χ1n) is 4.91. The summed E-state index contributed by atoms with van der Waals surface area (Å²) in [5, 5.41) is 0. The number of hydrogen-bond donors (Lipinski definition) is 1. The first-order chi connectivity index (χ1) is 7.83. The smallest absolute Gasteiger partial charge is 0.207 e. The van der Waals surface area contributed by atoms with Gasteiger partial charge in [0.25, 0.3) is 0 Å². The van der Waals surface area contributed by atoms with Crippen molar-refractivity contribution in [3.05, 3.63) is 38.8 Å². The van der Waals surface area contributed by atoms with Crippen LogP contribution in [0.1, 0.15) is 13.8 Å². The highest BCUT2D eigenvalue weighted by Crippen LogP contribution is 2.25. The maximum absolute atomic E-state index is 12.0. The van der Waals surface area contributed by atoms with Crippen LogP contribution < -0.4 is 4.72 Å². The Morgan fingerprint density at radius 1 is 1.35 bits per heavy atom. The maximum atomic E-state index is 12.0. The first-order valence-corrected chi connectivity index (χ1v) is 7.98. The number of sulfonamides is 1. The van der Waals surface area contributed by atoms with E-state index in [1.807, 2.05) is 19.9 Å². The van der Waals surface area contributed by atoms with Crippen molar-refractivity contribution in [1.29, 1.82) is 0 Å². The summed E-state index contributed by atoms with van der Waals surface area (Å²) in [5.41, 5.74) is 1.07. The summed E-state index contributed by atoms with van der Waals surface area (Å²) < 4.78 is 27.8. The Hall–Kier alpha value is -0.170. The highest BCUT2D eigenvalue weighted by Gasteiger charge is 2.16. The molecule has 0 fully saturated rings. The molecule has 0 bridgehead atoms. The van der Waals surface area contributed by atoms with Crippen molar-refractivity contribution in [3.8, 4) is 0 Å². The molecular formula is C11H13Br2NO2S. The van der Waals surface area contributed by atoms with Gasteiger partial charge in [-0.3, -0.25) is 0 Å². The summed E-state index contributed by atoms with van der Waals surface area (Å²) in [6.07, 6.45) is 1.82. The lowest BCUT2D eigenvalue weighted by Gasteiger charge is -2.07. The van der Waals surface area contributed by atoms with Gasteiger partial charge in [-0.25, -0.2) is 13.1 Å². The summed E-state index contributed by atoms with van der Waals surface area (Å²) in [7, 11) is -3.48. The molecule has 0 heterocycles. The van der Waals surface area contributed by atoms with Crippen LogP contribution in [0.2, 0.25) is 0 Å². The van der Waals surface area contributed by atoms with E-state index in [4.69, 9.17) is 0 Å². The van der Waals surface area contributed by atoms with Crippen molar-refractivity contribution in [2.75, 3.05) is 6.54 Å². The van der Waals surface area contributed by atoms with Crippen molar-refractivity contribution < 1.29 is 8.42 Å². The van der Waals surface area contributed by atoms with Gasteiger partial charge in [-0.15, -0.1) is 0 Å². The van der Waals surface area contributed by atoms with Crippen LogP contribution in [-0.4, -0.2) is 15.0 Å². The SMILES string of the molecule is CC(C)=CCNS(=O)(=O)c1cc(Br)ccc1Br. The van der Waals surface area contributed by atoms with E-state index < -0.39 is 10.0 Å². The molecule has 0 spiro atoms. The van der Waals surface area contributed by atoms with Gasteiger partial charge < -0.3 is 0 Å². The second-order valence-corrected chi connectivity index (χ2v) is 7.21. The normalized spacial score (nSPS) is 11.3. The van der Waals surface area contributed by atoms with Crippen LogP contribution in [0.3, 0.4) is 0 Å². The fourth-order valence-electron chi connectivity index (χ4n) is 1.12. The molecule has 1 N–H and O–H groups in total. The van der Waals surface area contributed by atoms with E-state index in [1.165, 1.54) is 0 Å². The molecule has 94 valence electrons. The number of allylic oxidation sites excluding steroid dienone is 1. The Morgan fingerprint density at radius 2 is 2.00 bits per heavy atom. The van der Waals surface area contributed by atoms with E-state index in [1.54, 1.807) is 18.2 Å². The number of rotatable bonds is 4. The van der Waals surface area contributed by atoms with E-state index in [2.05, 4.69) is 36.6 Å². The standard InChI is InChI=1S/C11H13Br2NO2S/c1-8(2)5-6-14-17(15,16)11-7-9(12)3-4-10(11)13/h3-5,7,14H,6H2,1-2H3. The number of benzene rings is 1. The Kier molecular flexibility index (Phi) is 5.37.